The molecule has 39 heavy (non-hydrogen) atoms. The van der Waals surface area contributed by atoms with Crippen LogP contribution in [0.1, 0.15) is 18.9 Å². The average molecular weight is 568 g/mol. The molecule has 3 aromatic carbocycles. The summed E-state index contributed by atoms with van der Waals surface area (Å²) < 4.78 is 23.0. The predicted octanol–water partition coefficient (Wildman–Crippen LogP) is 5.35. The number of nitrogens with one attached hydrogen (secondary N) is 1. The monoisotopic (exact) mass is 567 g/mol. The van der Waals surface area contributed by atoms with Gasteiger partial charge >= 0.3 is 0 Å². The smallest absolute Gasteiger partial charge is 0.262 e. The molecule has 1 aliphatic rings. The number of halogens is 1. The van der Waals surface area contributed by atoms with Crippen molar-refractivity contribution in [2.45, 2.75) is 30.3 Å². The zero-order chi connectivity index (χ0) is 27.5. The number of methoxy groups -OCH3 is 2. The Morgan fingerprint density at radius 2 is 1.85 bits per heavy atom. The van der Waals surface area contributed by atoms with Gasteiger partial charge in [0.25, 0.3) is 5.56 Å². The molecule has 1 amide bonds. The number of thioether (sulfide) groups is 1. The van der Waals surface area contributed by atoms with E-state index in [1.165, 1.54) is 18.9 Å². The molecule has 1 N–H and O–H groups in total. The summed E-state index contributed by atoms with van der Waals surface area (Å²) in [4.78, 5) is 31.9. The van der Waals surface area contributed by atoms with E-state index >= 15 is 0 Å². The summed E-state index contributed by atoms with van der Waals surface area (Å²) in [6, 6.07) is 15.8. The number of amides is 1. The van der Waals surface area contributed by atoms with Crippen LogP contribution in [-0.2, 0) is 11.3 Å². The fourth-order valence-electron chi connectivity index (χ4n) is 4.15. The van der Waals surface area contributed by atoms with Crippen LogP contribution in [-0.4, -0.2) is 41.7 Å². The number of fused-ring (bicyclic) bond motifs is 2. The highest BCUT2D eigenvalue weighted by Crippen LogP contribution is 2.36. The average Bonchev–Trinajstić information content (AvgIpc) is 3.40. The maximum Gasteiger partial charge on any atom is 0.262 e. The molecule has 2 heterocycles. The van der Waals surface area contributed by atoms with Gasteiger partial charge in [0.2, 0.25) is 12.7 Å². The predicted molar refractivity (Wildman–Crippen MR) is 151 cm³/mol. The first-order valence-corrected chi connectivity index (χ1v) is 13.4. The maximum atomic E-state index is 13.8. The molecule has 4 aromatic rings. The second-order valence-electron chi connectivity index (χ2n) is 8.71. The summed E-state index contributed by atoms with van der Waals surface area (Å²) in [6.07, 6.45) is 0.498. The van der Waals surface area contributed by atoms with Crippen LogP contribution < -0.4 is 29.8 Å². The SMILES string of the molecule is CC[C@H](Sc1nc2cc3c(cc2c(=O)n1Cc1ccc(OC)cc1)OCO3)C(=O)Nc1ccc(OC)c(Cl)c1. The lowest BCUT2D eigenvalue weighted by Gasteiger charge is -2.18. The number of benzene rings is 3. The van der Waals surface area contributed by atoms with Crippen LogP contribution in [0.5, 0.6) is 23.0 Å². The van der Waals surface area contributed by atoms with Gasteiger partial charge in [0.15, 0.2) is 16.7 Å². The van der Waals surface area contributed by atoms with E-state index in [9.17, 15) is 9.59 Å². The zero-order valence-corrected chi connectivity index (χ0v) is 23.1. The van der Waals surface area contributed by atoms with E-state index in [1.807, 2.05) is 31.2 Å². The Labute approximate surface area is 234 Å². The van der Waals surface area contributed by atoms with E-state index in [1.54, 1.807) is 42.0 Å². The van der Waals surface area contributed by atoms with Crippen molar-refractivity contribution in [3.63, 3.8) is 0 Å². The Morgan fingerprint density at radius 1 is 1.10 bits per heavy atom. The normalized spacial score (nSPS) is 12.8. The first kappa shape index (κ1) is 26.7. The van der Waals surface area contributed by atoms with Gasteiger partial charge in [-0.1, -0.05) is 42.4 Å². The molecule has 11 heteroatoms. The van der Waals surface area contributed by atoms with E-state index in [0.29, 0.717) is 56.2 Å². The van der Waals surface area contributed by atoms with E-state index in [4.69, 9.17) is 35.5 Å². The molecule has 0 aliphatic carbocycles. The molecule has 0 fully saturated rings. The van der Waals surface area contributed by atoms with Crippen molar-refractivity contribution in [3.8, 4) is 23.0 Å². The Kier molecular flexibility index (Phi) is 7.85. The maximum absolute atomic E-state index is 13.8. The number of hydrogen-bond acceptors (Lipinski definition) is 8. The van der Waals surface area contributed by atoms with Crippen molar-refractivity contribution in [1.29, 1.82) is 0 Å². The van der Waals surface area contributed by atoms with Crippen molar-refractivity contribution in [2.24, 2.45) is 0 Å². The molecule has 202 valence electrons. The van der Waals surface area contributed by atoms with Gasteiger partial charge in [-0.25, -0.2) is 4.98 Å². The number of nitrogens with zero attached hydrogens (tertiary/aromatic N) is 2. The number of ether oxygens (including phenoxy) is 4. The molecule has 0 radical (unpaired) electrons. The fourth-order valence-corrected chi connectivity index (χ4v) is 5.42. The fraction of sp³-hybridized carbons (Fsp3) is 0.250. The minimum absolute atomic E-state index is 0.0841. The van der Waals surface area contributed by atoms with Gasteiger partial charge in [0.05, 0.1) is 41.9 Å². The quantitative estimate of drug-likeness (QED) is 0.213. The topological polar surface area (TPSA) is 101 Å². The standard InChI is InChI=1S/C28H26ClN3O6S/c1-4-25(26(33)30-17-7-10-22(36-3)20(29)11-17)39-28-31-21-13-24-23(37-15-38-24)12-19(21)27(34)32(28)14-16-5-8-18(35-2)9-6-16/h5-13,25H,4,14-15H2,1-3H3,(H,30,33)/t25-/m0/s1. The van der Waals surface area contributed by atoms with Crippen LogP contribution >= 0.6 is 23.4 Å². The summed E-state index contributed by atoms with van der Waals surface area (Å²) in [6.45, 7) is 2.25. The van der Waals surface area contributed by atoms with Gasteiger partial charge in [-0.2, -0.15) is 0 Å². The van der Waals surface area contributed by atoms with Gasteiger partial charge < -0.3 is 24.3 Å². The second kappa shape index (κ2) is 11.5. The molecule has 9 nitrogen and oxygen atoms in total. The number of carbonyl (C=O) groups is 1. The molecule has 1 aliphatic heterocycles. The molecule has 0 saturated heterocycles. The third-order valence-corrected chi connectivity index (χ3v) is 7.89. The van der Waals surface area contributed by atoms with Crippen LogP contribution in [0.4, 0.5) is 5.69 Å². The summed E-state index contributed by atoms with van der Waals surface area (Å²) in [5.41, 5.74) is 1.65. The van der Waals surface area contributed by atoms with Crippen LogP contribution in [0.15, 0.2) is 64.5 Å². The molecule has 1 aromatic heterocycles. The highest BCUT2D eigenvalue weighted by molar-refractivity contribution is 8.00. The third kappa shape index (κ3) is 5.62. The van der Waals surface area contributed by atoms with Gasteiger partial charge in [-0.15, -0.1) is 0 Å². The van der Waals surface area contributed by atoms with Gasteiger partial charge in [-0.3, -0.25) is 14.2 Å². The van der Waals surface area contributed by atoms with Crippen molar-refractivity contribution in [1.82, 2.24) is 9.55 Å². The Hall–Kier alpha value is -3.89. The van der Waals surface area contributed by atoms with Crippen LogP contribution in [0.3, 0.4) is 0 Å². The van der Waals surface area contributed by atoms with Gasteiger partial charge in [0.1, 0.15) is 11.5 Å². The Morgan fingerprint density at radius 3 is 2.51 bits per heavy atom. The molecule has 5 rings (SSSR count). The first-order chi connectivity index (χ1) is 18.9. The number of anilines is 1. The highest BCUT2D eigenvalue weighted by Gasteiger charge is 2.24. The summed E-state index contributed by atoms with van der Waals surface area (Å²) >= 11 is 7.46. The second-order valence-corrected chi connectivity index (χ2v) is 10.3. The minimum Gasteiger partial charge on any atom is -0.497 e. The molecule has 0 bridgehead atoms. The highest BCUT2D eigenvalue weighted by atomic mass is 35.5. The molecule has 0 spiro atoms. The molecule has 0 unspecified atom stereocenters. The number of carbonyl (C=O) groups excluding carboxylic acids is 1. The van der Waals surface area contributed by atoms with Crippen molar-refractivity contribution in [2.75, 3.05) is 26.3 Å². The first-order valence-electron chi connectivity index (χ1n) is 12.2. The Bertz CT molecular complexity index is 1590. The van der Waals surface area contributed by atoms with Crippen LogP contribution in [0.25, 0.3) is 10.9 Å². The van der Waals surface area contributed by atoms with Crippen molar-refractivity contribution >= 4 is 45.9 Å². The number of aromatic nitrogens is 2. The summed E-state index contributed by atoms with van der Waals surface area (Å²) in [5, 5.41) is 3.58. The number of hydrogen-bond donors (Lipinski definition) is 1. The summed E-state index contributed by atoms with van der Waals surface area (Å²) in [5.74, 6) is 2.02. The lowest BCUT2D eigenvalue weighted by atomic mass is 10.2. The molecular formula is C28H26ClN3O6S. The van der Waals surface area contributed by atoms with Gasteiger partial charge in [0, 0.05) is 11.8 Å². The van der Waals surface area contributed by atoms with E-state index < -0.39 is 5.25 Å². The number of rotatable bonds is 9. The third-order valence-electron chi connectivity index (χ3n) is 6.24. The van der Waals surface area contributed by atoms with Crippen molar-refractivity contribution in [3.05, 3.63) is 75.5 Å². The van der Waals surface area contributed by atoms with E-state index in [-0.39, 0.29) is 24.8 Å². The Balaban J connectivity index is 1.50. The van der Waals surface area contributed by atoms with E-state index in [2.05, 4.69) is 5.32 Å². The lowest BCUT2D eigenvalue weighted by molar-refractivity contribution is -0.115. The van der Waals surface area contributed by atoms with Crippen LogP contribution in [0.2, 0.25) is 5.02 Å². The van der Waals surface area contributed by atoms with E-state index in [0.717, 1.165) is 5.56 Å². The van der Waals surface area contributed by atoms with Gasteiger partial charge in [-0.05, 0) is 48.4 Å². The molecule has 0 saturated carbocycles. The van der Waals surface area contributed by atoms with Crippen molar-refractivity contribution < 1.29 is 23.7 Å². The molecule has 1 atom stereocenters. The lowest BCUT2D eigenvalue weighted by Crippen LogP contribution is -2.28. The minimum atomic E-state index is -0.536. The zero-order valence-electron chi connectivity index (χ0n) is 21.5. The molecular weight excluding hydrogens is 542 g/mol. The summed E-state index contributed by atoms with van der Waals surface area (Å²) in [7, 11) is 3.13. The van der Waals surface area contributed by atoms with Crippen LogP contribution in [0, 0.1) is 0 Å². The largest absolute Gasteiger partial charge is 0.497 e.